The summed E-state index contributed by atoms with van der Waals surface area (Å²) in [6.45, 7) is 0.510. The fourth-order valence-corrected chi connectivity index (χ4v) is 1.67. The summed E-state index contributed by atoms with van der Waals surface area (Å²) < 4.78 is 0.723. The van der Waals surface area contributed by atoms with E-state index in [0.717, 1.165) is 17.3 Å². The Hall–Kier alpha value is -1.54. The van der Waals surface area contributed by atoms with Crippen LogP contribution in [0.15, 0.2) is 22.7 Å². The molecule has 0 bridgehead atoms. The van der Waals surface area contributed by atoms with E-state index in [1.165, 1.54) is 6.07 Å². The fourth-order valence-electron chi connectivity index (χ4n) is 1.32. The number of aromatic hydroxyl groups is 1. The van der Waals surface area contributed by atoms with Gasteiger partial charge in [-0.15, -0.1) is 0 Å². The molecular weight excluding hydrogens is 284 g/mol. The van der Waals surface area contributed by atoms with Gasteiger partial charge < -0.3 is 10.4 Å². The van der Waals surface area contributed by atoms with E-state index in [-0.39, 0.29) is 17.2 Å². The number of nitriles is 1. The van der Waals surface area contributed by atoms with Gasteiger partial charge in [-0.2, -0.15) is 5.26 Å². The van der Waals surface area contributed by atoms with Crippen molar-refractivity contribution in [1.82, 2.24) is 5.32 Å². The highest BCUT2D eigenvalue weighted by Gasteiger charge is 2.10. The highest BCUT2D eigenvalue weighted by Crippen LogP contribution is 2.21. The Bertz CT molecular complexity index is 441. The van der Waals surface area contributed by atoms with E-state index in [1.54, 1.807) is 12.1 Å². The zero-order valence-electron chi connectivity index (χ0n) is 9.24. The molecule has 0 saturated carbocycles. The average molecular weight is 297 g/mol. The predicted molar refractivity (Wildman–Crippen MR) is 67.6 cm³/mol. The molecule has 0 heterocycles. The maximum Gasteiger partial charge on any atom is 0.255 e. The van der Waals surface area contributed by atoms with Crippen molar-refractivity contribution in [2.75, 3.05) is 6.54 Å². The fraction of sp³-hybridized carbons (Fsp3) is 0.333. The van der Waals surface area contributed by atoms with E-state index in [0.29, 0.717) is 13.0 Å². The maximum atomic E-state index is 11.7. The van der Waals surface area contributed by atoms with E-state index in [9.17, 15) is 9.90 Å². The number of halogens is 1. The van der Waals surface area contributed by atoms with Crippen molar-refractivity contribution in [3.63, 3.8) is 0 Å². The van der Waals surface area contributed by atoms with Gasteiger partial charge in [0, 0.05) is 17.4 Å². The van der Waals surface area contributed by atoms with Crippen LogP contribution in [0.1, 0.15) is 29.6 Å². The second kappa shape index (κ2) is 6.92. The smallest absolute Gasteiger partial charge is 0.255 e. The molecule has 17 heavy (non-hydrogen) atoms. The minimum atomic E-state index is -0.299. The van der Waals surface area contributed by atoms with Crippen LogP contribution in [0.2, 0.25) is 0 Å². The lowest BCUT2D eigenvalue weighted by molar-refractivity contribution is 0.0950. The molecule has 4 nitrogen and oxygen atoms in total. The summed E-state index contributed by atoms with van der Waals surface area (Å²) >= 11 is 3.20. The van der Waals surface area contributed by atoms with Crippen molar-refractivity contribution in [2.24, 2.45) is 0 Å². The third kappa shape index (κ3) is 4.45. The molecule has 0 radical (unpaired) electrons. The average Bonchev–Trinajstić information content (AvgIpc) is 2.28. The summed E-state index contributed by atoms with van der Waals surface area (Å²) in [5.41, 5.74) is 0.258. The SMILES string of the molecule is N#CCCCCNC(=O)c1ccc(Br)cc1O. The van der Waals surface area contributed by atoms with Gasteiger partial charge in [-0.1, -0.05) is 15.9 Å². The van der Waals surface area contributed by atoms with Gasteiger partial charge in [0.05, 0.1) is 11.6 Å². The van der Waals surface area contributed by atoms with Crippen molar-refractivity contribution >= 4 is 21.8 Å². The number of carbonyl (C=O) groups is 1. The maximum absolute atomic E-state index is 11.7. The van der Waals surface area contributed by atoms with Crippen LogP contribution in [0.3, 0.4) is 0 Å². The van der Waals surface area contributed by atoms with Crippen molar-refractivity contribution < 1.29 is 9.90 Å². The predicted octanol–water partition coefficient (Wildman–Crippen LogP) is 2.58. The number of amides is 1. The summed E-state index contributed by atoms with van der Waals surface area (Å²) in [6.07, 6.45) is 2.03. The molecule has 2 N–H and O–H groups in total. The van der Waals surface area contributed by atoms with Gasteiger partial charge in [0.1, 0.15) is 5.75 Å². The van der Waals surface area contributed by atoms with E-state index in [1.807, 2.05) is 6.07 Å². The minimum Gasteiger partial charge on any atom is -0.507 e. The van der Waals surface area contributed by atoms with E-state index < -0.39 is 0 Å². The molecule has 0 atom stereocenters. The summed E-state index contributed by atoms with van der Waals surface area (Å²) in [5, 5.41) is 20.6. The van der Waals surface area contributed by atoms with Crippen molar-refractivity contribution in [2.45, 2.75) is 19.3 Å². The highest BCUT2D eigenvalue weighted by atomic mass is 79.9. The van der Waals surface area contributed by atoms with E-state index >= 15 is 0 Å². The van der Waals surface area contributed by atoms with Crippen molar-refractivity contribution in [1.29, 1.82) is 5.26 Å². The lowest BCUT2D eigenvalue weighted by Gasteiger charge is -2.06. The number of unbranched alkanes of at least 4 members (excludes halogenated alkanes) is 2. The monoisotopic (exact) mass is 296 g/mol. The van der Waals surface area contributed by atoms with E-state index in [4.69, 9.17) is 5.26 Å². The topological polar surface area (TPSA) is 73.1 Å². The van der Waals surface area contributed by atoms with Crippen LogP contribution < -0.4 is 5.32 Å². The second-order valence-corrected chi connectivity index (χ2v) is 4.45. The van der Waals surface area contributed by atoms with Crippen LogP contribution in [-0.2, 0) is 0 Å². The lowest BCUT2D eigenvalue weighted by atomic mass is 10.2. The first-order valence-electron chi connectivity index (χ1n) is 5.29. The normalized spacial score (nSPS) is 9.65. The molecule has 0 saturated heterocycles. The van der Waals surface area contributed by atoms with Crippen molar-refractivity contribution in [3.8, 4) is 11.8 Å². The Labute approximate surface area is 108 Å². The minimum absolute atomic E-state index is 0.0473. The molecule has 0 unspecified atom stereocenters. The number of rotatable bonds is 5. The quantitative estimate of drug-likeness (QED) is 0.820. The Morgan fingerprint density at radius 3 is 2.88 bits per heavy atom. The lowest BCUT2D eigenvalue weighted by Crippen LogP contribution is -2.24. The first-order chi connectivity index (χ1) is 8.15. The molecule has 0 aliphatic heterocycles. The Balaban J connectivity index is 2.45. The number of hydrogen-bond donors (Lipinski definition) is 2. The standard InChI is InChI=1S/C12H13BrN2O2/c13-9-4-5-10(11(16)8-9)12(17)15-7-3-1-2-6-14/h4-5,8,16H,1-3,7H2,(H,15,17). The third-order valence-corrected chi connectivity index (χ3v) is 2.70. The molecule has 0 aliphatic carbocycles. The number of benzene rings is 1. The molecule has 0 aliphatic rings. The summed E-state index contributed by atoms with van der Waals surface area (Å²) in [7, 11) is 0. The largest absolute Gasteiger partial charge is 0.507 e. The molecule has 1 aromatic carbocycles. The van der Waals surface area contributed by atoms with Crippen LogP contribution in [0.25, 0.3) is 0 Å². The van der Waals surface area contributed by atoms with Gasteiger partial charge in [0.2, 0.25) is 0 Å². The zero-order valence-corrected chi connectivity index (χ0v) is 10.8. The number of phenols is 1. The summed E-state index contributed by atoms with van der Waals surface area (Å²) in [6, 6.07) is 6.78. The molecule has 0 spiro atoms. The molecule has 1 rings (SSSR count). The van der Waals surface area contributed by atoms with Crippen LogP contribution >= 0.6 is 15.9 Å². The molecule has 1 amide bonds. The second-order valence-electron chi connectivity index (χ2n) is 3.53. The van der Waals surface area contributed by atoms with Gasteiger partial charge in [0.25, 0.3) is 5.91 Å². The van der Waals surface area contributed by atoms with Crippen LogP contribution in [-0.4, -0.2) is 17.6 Å². The highest BCUT2D eigenvalue weighted by molar-refractivity contribution is 9.10. The summed E-state index contributed by atoms with van der Waals surface area (Å²) in [5.74, 6) is -0.346. The number of phenolic OH excluding ortho intramolecular Hbond substituents is 1. The number of hydrogen-bond acceptors (Lipinski definition) is 3. The first kappa shape index (κ1) is 13.5. The van der Waals surface area contributed by atoms with Gasteiger partial charge in [-0.25, -0.2) is 0 Å². The van der Waals surface area contributed by atoms with Crippen LogP contribution in [0, 0.1) is 11.3 Å². The van der Waals surface area contributed by atoms with Gasteiger partial charge in [-0.05, 0) is 31.0 Å². The van der Waals surface area contributed by atoms with E-state index in [2.05, 4.69) is 21.2 Å². The molecule has 0 fully saturated rings. The van der Waals surface area contributed by atoms with Crippen LogP contribution in [0.5, 0.6) is 5.75 Å². The van der Waals surface area contributed by atoms with Gasteiger partial charge >= 0.3 is 0 Å². The van der Waals surface area contributed by atoms with Gasteiger partial charge in [-0.3, -0.25) is 4.79 Å². The number of carbonyl (C=O) groups excluding carboxylic acids is 1. The third-order valence-electron chi connectivity index (χ3n) is 2.21. The Morgan fingerprint density at radius 2 is 2.24 bits per heavy atom. The Kier molecular flexibility index (Phi) is 5.50. The molecule has 1 aromatic rings. The Morgan fingerprint density at radius 1 is 1.47 bits per heavy atom. The summed E-state index contributed by atoms with van der Waals surface area (Å²) in [4.78, 5) is 11.7. The number of nitrogens with one attached hydrogen (secondary N) is 1. The molecule has 5 heteroatoms. The van der Waals surface area contributed by atoms with Gasteiger partial charge in [0.15, 0.2) is 0 Å². The zero-order chi connectivity index (χ0) is 12.7. The first-order valence-corrected chi connectivity index (χ1v) is 6.08. The molecular formula is C12H13BrN2O2. The van der Waals surface area contributed by atoms with Crippen molar-refractivity contribution in [3.05, 3.63) is 28.2 Å². The molecule has 90 valence electrons. The van der Waals surface area contributed by atoms with Crippen LogP contribution in [0.4, 0.5) is 0 Å². The molecule has 0 aromatic heterocycles. The number of nitrogens with zero attached hydrogens (tertiary/aromatic N) is 1.